The largest absolute Gasteiger partial charge is 0.493 e. The van der Waals surface area contributed by atoms with Gasteiger partial charge in [-0.2, -0.15) is 5.26 Å². The number of nitriles is 1. The summed E-state index contributed by atoms with van der Waals surface area (Å²) in [5.41, 5.74) is 1.98. The molecule has 0 atom stereocenters. The second kappa shape index (κ2) is 7.11. The topological polar surface area (TPSA) is 62.1 Å². The number of benzene rings is 2. The van der Waals surface area contributed by atoms with E-state index in [-0.39, 0.29) is 5.91 Å². The summed E-state index contributed by atoms with van der Waals surface area (Å²) in [5, 5.41) is 11.7. The molecule has 1 amide bonds. The normalized spacial score (nSPS) is 9.71. The third kappa shape index (κ3) is 3.83. The Kier molecular flexibility index (Phi) is 4.94. The van der Waals surface area contributed by atoms with Crippen molar-refractivity contribution in [1.29, 1.82) is 5.26 Å². The van der Waals surface area contributed by atoms with Crippen LogP contribution in [0.4, 0.5) is 0 Å². The first-order valence-electron chi connectivity index (χ1n) is 6.73. The zero-order valence-electron chi connectivity index (χ0n) is 11.8. The summed E-state index contributed by atoms with van der Waals surface area (Å²) < 4.78 is 5.44. The van der Waals surface area contributed by atoms with Crippen molar-refractivity contribution in [2.45, 2.75) is 13.5 Å². The number of ether oxygens (including phenoxy) is 1. The second-order valence-electron chi connectivity index (χ2n) is 4.42. The van der Waals surface area contributed by atoms with Crippen molar-refractivity contribution >= 4 is 5.91 Å². The first kappa shape index (κ1) is 14.6. The van der Waals surface area contributed by atoms with Gasteiger partial charge in [0, 0.05) is 6.54 Å². The van der Waals surface area contributed by atoms with E-state index < -0.39 is 0 Å². The van der Waals surface area contributed by atoms with Gasteiger partial charge in [-0.05, 0) is 36.8 Å². The monoisotopic (exact) mass is 280 g/mol. The average Bonchev–Trinajstić information content (AvgIpc) is 2.53. The molecule has 0 aliphatic rings. The number of hydrogen-bond acceptors (Lipinski definition) is 3. The molecule has 0 fully saturated rings. The molecule has 0 radical (unpaired) electrons. The molecule has 0 aliphatic heterocycles. The Bertz CT molecular complexity index is 674. The first-order valence-corrected chi connectivity index (χ1v) is 6.73. The van der Waals surface area contributed by atoms with Crippen LogP contribution in [0.3, 0.4) is 0 Å². The first-order chi connectivity index (χ1) is 10.2. The molecule has 2 rings (SSSR count). The predicted octanol–water partition coefficient (Wildman–Crippen LogP) is 2.89. The number of amides is 1. The van der Waals surface area contributed by atoms with Gasteiger partial charge in [0.2, 0.25) is 0 Å². The number of rotatable bonds is 5. The second-order valence-corrected chi connectivity index (χ2v) is 4.42. The minimum Gasteiger partial charge on any atom is -0.493 e. The number of carbonyl (C=O) groups is 1. The van der Waals surface area contributed by atoms with Crippen LogP contribution < -0.4 is 10.1 Å². The number of carbonyl (C=O) groups excluding carboxylic acids is 1. The Morgan fingerprint density at radius 3 is 2.81 bits per heavy atom. The van der Waals surface area contributed by atoms with E-state index in [1.54, 1.807) is 36.4 Å². The summed E-state index contributed by atoms with van der Waals surface area (Å²) in [5.74, 6) is 0.379. The van der Waals surface area contributed by atoms with Crippen molar-refractivity contribution in [1.82, 2.24) is 5.32 Å². The van der Waals surface area contributed by atoms with Crippen LogP contribution in [0.5, 0.6) is 5.75 Å². The van der Waals surface area contributed by atoms with Gasteiger partial charge in [0.1, 0.15) is 5.75 Å². The zero-order chi connectivity index (χ0) is 15.1. The fraction of sp³-hybridized carbons (Fsp3) is 0.176. The Morgan fingerprint density at radius 1 is 1.24 bits per heavy atom. The molecule has 0 saturated heterocycles. The molecular weight excluding hydrogens is 264 g/mol. The number of hydrogen-bond donors (Lipinski definition) is 1. The van der Waals surface area contributed by atoms with Crippen LogP contribution in [0, 0.1) is 11.3 Å². The summed E-state index contributed by atoms with van der Waals surface area (Å²) in [6, 6.07) is 16.4. The summed E-state index contributed by atoms with van der Waals surface area (Å²) in [4.78, 5) is 12.2. The Morgan fingerprint density at radius 2 is 2.05 bits per heavy atom. The lowest BCUT2D eigenvalue weighted by Gasteiger charge is -2.10. The van der Waals surface area contributed by atoms with E-state index in [2.05, 4.69) is 11.4 Å². The van der Waals surface area contributed by atoms with E-state index >= 15 is 0 Å². The highest BCUT2D eigenvalue weighted by Gasteiger charge is 2.11. The van der Waals surface area contributed by atoms with Crippen LogP contribution >= 0.6 is 0 Å². The van der Waals surface area contributed by atoms with Gasteiger partial charge in [-0.3, -0.25) is 4.79 Å². The summed E-state index contributed by atoms with van der Waals surface area (Å²) in [6.07, 6.45) is 0. The number of nitrogens with zero attached hydrogens (tertiary/aromatic N) is 1. The van der Waals surface area contributed by atoms with Crippen LogP contribution in [0.15, 0.2) is 48.5 Å². The third-order valence-electron chi connectivity index (χ3n) is 2.94. The fourth-order valence-electron chi connectivity index (χ4n) is 1.96. The summed E-state index contributed by atoms with van der Waals surface area (Å²) in [6.45, 7) is 2.76. The van der Waals surface area contributed by atoms with Crippen LogP contribution in [-0.2, 0) is 6.54 Å². The van der Waals surface area contributed by atoms with Crippen molar-refractivity contribution in [2.24, 2.45) is 0 Å². The molecule has 0 spiro atoms. The molecule has 4 nitrogen and oxygen atoms in total. The van der Waals surface area contributed by atoms with Gasteiger partial charge in [0.05, 0.1) is 23.8 Å². The highest BCUT2D eigenvalue weighted by molar-refractivity contribution is 5.96. The van der Waals surface area contributed by atoms with Gasteiger partial charge in [-0.25, -0.2) is 0 Å². The third-order valence-corrected chi connectivity index (χ3v) is 2.94. The maximum atomic E-state index is 12.2. The van der Waals surface area contributed by atoms with Crippen molar-refractivity contribution < 1.29 is 9.53 Å². The molecule has 0 saturated carbocycles. The van der Waals surface area contributed by atoms with Crippen molar-refractivity contribution in [3.8, 4) is 11.8 Å². The maximum absolute atomic E-state index is 12.2. The van der Waals surface area contributed by atoms with Crippen LogP contribution in [0.1, 0.15) is 28.4 Å². The lowest BCUT2D eigenvalue weighted by atomic mass is 10.1. The molecule has 0 aromatic heterocycles. The van der Waals surface area contributed by atoms with E-state index in [9.17, 15) is 4.79 Å². The predicted molar refractivity (Wildman–Crippen MR) is 79.9 cm³/mol. The average molecular weight is 280 g/mol. The molecule has 106 valence electrons. The van der Waals surface area contributed by atoms with E-state index in [1.165, 1.54) is 0 Å². The Labute approximate surface area is 124 Å². The highest BCUT2D eigenvalue weighted by Crippen LogP contribution is 2.17. The van der Waals surface area contributed by atoms with Gasteiger partial charge >= 0.3 is 0 Å². The number of nitrogens with one attached hydrogen (secondary N) is 1. The molecule has 2 aromatic rings. The van der Waals surface area contributed by atoms with Crippen LogP contribution in [0.2, 0.25) is 0 Å². The molecule has 0 heterocycles. The fourth-order valence-corrected chi connectivity index (χ4v) is 1.96. The van der Waals surface area contributed by atoms with Crippen LogP contribution in [0.25, 0.3) is 0 Å². The van der Waals surface area contributed by atoms with E-state index in [0.717, 1.165) is 5.56 Å². The van der Waals surface area contributed by atoms with E-state index in [4.69, 9.17) is 10.00 Å². The smallest absolute Gasteiger partial charge is 0.255 e. The molecule has 0 aliphatic carbocycles. The molecule has 4 heteroatoms. The zero-order valence-corrected chi connectivity index (χ0v) is 11.8. The molecule has 1 N–H and O–H groups in total. The quantitative estimate of drug-likeness (QED) is 0.916. The van der Waals surface area contributed by atoms with Gasteiger partial charge in [-0.15, -0.1) is 0 Å². The molecule has 2 aromatic carbocycles. The van der Waals surface area contributed by atoms with E-state index in [1.807, 2.05) is 19.1 Å². The summed E-state index contributed by atoms with van der Waals surface area (Å²) in [7, 11) is 0. The van der Waals surface area contributed by atoms with E-state index in [0.29, 0.717) is 30.0 Å². The Balaban J connectivity index is 2.06. The minimum atomic E-state index is -0.193. The van der Waals surface area contributed by atoms with Gasteiger partial charge in [0.15, 0.2) is 0 Å². The van der Waals surface area contributed by atoms with Crippen molar-refractivity contribution in [2.75, 3.05) is 6.61 Å². The van der Waals surface area contributed by atoms with Crippen molar-refractivity contribution in [3.63, 3.8) is 0 Å². The SMILES string of the molecule is CCOc1ccccc1C(=O)NCc1cccc(C#N)c1. The Hall–Kier alpha value is -2.80. The number of para-hydroxylation sites is 1. The standard InChI is InChI=1S/C17H16N2O2/c1-2-21-16-9-4-3-8-15(16)17(20)19-12-14-7-5-6-13(10-14)11-18/h3-10H,2,12H2,1H3,(H,19,20). The van der Waals surface area contributed by atoms with Crippen LogP contribution in [-0.4, -0.2) is 12.5 Å². The highest BCUT2D eigenvalue weighted by atomic mass is 16.5. The molecule has 0 bridgehead atoms. The molecule has 21 heavy (non-hydrogen) atoms. The minimum absolute atomic E-state index is 0.193. The maximum Gasteiger partial charge on any atom is 0.255 e. The van der Waals surface area contributed by atoms with Gasteiger partial charge in [-0.1, -0.05) is 24.3 Å². The van der Waals surface area contributed by atoms with Crippen molar-refractivity contribution in [3.05, 3.63) is 65.2 Å². The summed E-state index contributed by atoms with van der Waals surface area (Å²) >= 11 is 0. The molecular formula is C17H16N2O2. The van der Waals surface area contributed by atoms with Gasteiger partial charge < -0.3 is 10.1 Å². The lowest BCUT2D eigenvalue weighted by Crippen LogP contribution is -2.23. The molecule has 0 unspecified atom stereocenters. The lowest BCUT2D eigenvalue weighted by molar-refractivity contribution is 0.0947. The van der Waals surface area contributed by atoms with Gasteiger partial charge in [0.25, 0.3) is 5.91 Å².